The number of hydrogen-bond donors (Lipinski definition) is 0. The van der Waals surface area contributed by atoms with Gasteiger partial charge in [0.25, 0.3) is 0 Å². The van der Waals surface area contributed by atoms with Crippen LogP contribution in [0.25, 0.3) is 0 Å². The number of halogens is 1. The van der Waals surface area contributed by atoms with Crippen molar-refractivity contribution in [1.29, 1.82) is 0 Å². The first-order valence-electron chi connectivity index (χ1n) is 4.65. The molecule has 12 heavy (non-hydrogen) atoms. The van der Waals surface area contributed by atoms with Gasteiger partial charge >= 0.3 is 7.18 Å². The van der Waals surface area contributed by atoms with E-state index in [1.807, 2.05) is 13.8 Å². The van der Waals surface area contributed by atoms with Crippen LogP contribution in [-0.4, -0.2) is 20.4 Å². The predicted octanol–water partition coefficient (Wildman–Crippen LogP) is 3.19. The first kappa shape index (κ1) is 12.6. The van der Waals surface area contributed by atoms with Gasteiger partial charge in [0.05, 0.1) is 0 Å². The quantitative estimate of drug-likeness (QED) is 0.514. The van der Waals surface area contributed by atoms with E-state index in [9.17, 15) is 0 Å². The van der Waals surface area contributed by atoms with Crippen molar-refractivity contribution in [3.8, 4) is 0 Å². The molecule has 0 unspecified atom stereocenters. The molecular weight excluding hydrogens is 236 g/mol. The summed E-state index contributed by atoms with van der Waals surface area (Å²) in [4.78, 5) is 0. The standard InChI is InChI=1S/C8H19BrO2Si/c1-4-7-8-12(9,10-5-2)11-6-3/h4-8H2,1-3H3. The van der Waals surface area contributed by atoms with Crippen LogP contribution in [0.3, 0.4) is 0 Å². The Bertz CT molecular complexity index is 105. The van der Waals surface area contributed by atoms with E-state index in [2.05, 4.69) is 22.2 Å². The average molecular weight is 255 g/mol. The fourth-order valence-corrected chi connectivity index (χ4v) is 5.23. The molecule has 0 bridgehead atoms. The van der Waals surface area contributed by atoms with Crippen LogP contribution in [0.5, 0.6) is 0 Å². The molecule has 0 heterocycles. The Labute approximate surface area is 84.5 Å². The van der Waals surface area contributed by atoms with Crippen LogP contribution < -0.4 is 0 Å². The van der Waals surface area contributed by atoms with Gasteiger partial charge in [-0.05, 0) is 13.8 Å². The highest BCUT2D eigenvalue weighted by Gasteiger charge is 2.32. The third kappa shape index (κ3) is 5.30. The van der Waals surface area contributed by atoms with E-state index in [1.165, 1.54) is 12.8 Å². The van der Waals surface area contributed by atoms with Crippen molar-refractivity contribution in [3.63, 3.8) is 0 Å². The highest BCUT2D eigenvalue weighted by atomic mass is 79.9. The lowest BCUT2D eigenvalue weighted by Gasteiger charge is -2.23. The van der Waals surface area contributed by atoms with Gasteiger partial charge in [0.1, 0.15) is 0 Å². The van der Waals surface area contributed by atoms with Gasteiger partial charge in [0, 0.05) is 19.3 Å². The summed E-state index contributed by atoms with van der Waals surface area (Å²) in [5, 5.41) is 0. The molecule has 4 heteroatoms. The van der Waals surface area contributed by atoms with Crippen LogP contribution in [0, 0.1) is 0 Å². The number of unbranched alkanes of at least 4 members (excludes halogenated alkanes) is 1. The monoisotopic (exact) mass is 254 g/mol. The van der Waals surface area contributed by atoms with Gasteiger partial charge in [-0.3, -0.25) is 0 Å². The average Bonchev–Trinajstić information content (AvgIpc) is 2.02. The van der Waals surface area contributed by atoms with E-state index < -0.39 is 7.18 Å². The topological polar surface area (TPSA) is 18.5 Å². The van der Waals surface area contributed by atoms with Gasteiger partial charge in [-0.1, -0.05) is 35.1 Å². The Morgan fingerprint density at radius 2 is 1.58 bits per heavy atom. The van der Waals surface area contributed by atoms with Crippen molar-refractivity contribution in [2.24, 2.45) is 0 Å². The zero-order chi connectivity index (χ0) is 9.45. The summed E-state index contributed by atoms with van der Waals surface area (Å²) >= 11 is 3.60. The Balaban J connectivity index is 3.80. The minimum Gasteiger partial charge on any atom is -0.387 e. The van der Waals surface area contributed by atoms with Gasteiger partial charge in [-0.15, -0.1) is 0 Å². The minimum atomic E-state index is -1.96. The van der Waals surface area contributed by atoms with Crippen molar-refractivity contribution in [2.75, 3.05) is 13.2 Å². The molecule has 0 rings (SSSR count). The molecule has 0 spiro atoms. The van der Waals surface area contributed by atoms with Crippen LogP contribution in [-0.2, 0) is 8.85 Å². The zero-order valence-electron chi connectivity index (χ0n) is 8.23. The molecule has 0 aromatic carbocycles. The Hall–Kier alpha value is 0.617. The molecular formula is C8H19BrO2Si. The van der Waals surface area contributed by atoms with E-state index >= 15 is 0 Å². The lowest BCUT2D eigenvalue weighted by molar-refractivity contribution is 0.206. The van der Waals surface area contributed by atoms with Crippen LogP contribution in [0.15, 0.2) is 0 Å². The molecule has 0 aliphatic rings. The lowest BCUT2D eigenvalue weighted by atomic mass is 10.4. The fraction of sp³-hybridized carbons (Fsp3) is 1.00. The van der Waals surface area contributed by atoms with Crippen molar-refractivity contribution in [2.45, 2.75) is 39.7 Å². The molecule has 0 N–H and O–H groups in total. The van der Waals surface area contributed by atoms with Crippen molar-refractivity contribution < 1.29 is 8.85 Å². The maximum absolute atomic E-state index is 5.61. The van der Waals surface area contributed by atoms with Crippen LogP contribution in [0.4, 0.5) is 0 Å². The maximum Gasteiger partial charge on any atom is 0.414 e. The normalized spacial score (nSPS) is 12.0. The second-order valence-electron chi connectivity index (χ2n) is 2.63. The summed E-state index contributed by atoms with van der Waals surface area (Å²) in [6, 6.07) is 1.05. The summed E-state index contributed by atoms with van der Waals surface area (Å²) in [7, 11) is -1.96. The number of hydrogen-bond acceptors (Lipinski definition) is 2. The van der Waals surface area contributed by atoms with Crippen molar-refractivity contribution in [1.82, 2.24) is 0 Å². The van der Waals surface area contributed by atoms with Gasteiger partial charge in [-0.25, -0.2) is 0 Å². The lowest BCUT2D eigenvalue weighted by Crippen LogP contribution is -2.35. The highest BCUT2D eigenvalue weighted by molar-refractivity contribution is 9.25. The first-order chi connectivity index (χ1) is 5.68. The van der Waals surface area contributed by atoms with Crippen LogP contribution >= 0.6 is 15.3 Å². The van der Waals surface area contributed by atoms with E-state index in [1.54, 1.807) is 0 Å². The molecule has 0 aromatic heterocycles. The molecule has 0 radical (unpaired) electrons. The molecule has 0 saturated carbocycles. The van der Waals surface area contributed by atoms with E-state index in [-0.39, 0.29) is 0 Å². The predicted molar refractivity (Wildman–Crippen MR) is 57.6 cm³/mol. The first-order valence-corrected chi connectivity index (χ1v) is 8.93. The third-order valence-electron chi connectivity index (χ3n) is 1.55. The molecule has 0 aliphatic heterocycles. The summed E-state index contributed by atoms with van der Waals surface area (Å²) in [5.41, 5.74) is 0. The summed E-state index contributed by atoms with van der Waals surface area (Å²) < 4.78 is 11.2. The van der Waals surface area contributed by atoms with Gasteiger partial charge in [0.2, 0.25) is 0 Å². The molecule has 0 amide bonds. The summed E-state index contributed by atoms with van der Waals surface area (Å²) in [5.74, 6) is 0. The Morgan fingerprint density at radius 3 is 1.92 bits per heavy atom. The van der Waals surface area contributed by atoms with E-state index in [0.29, 0.717) is 0 Å². The molecule has 0 aromatic rings. The molecule has 0 saturated heterocycles. The Morgan fingerprint density at radius 1 is 1.08 bits per heavy atom. The second-order valence-corrected chi connectivity index (χ2v) is 8.65. The molecule has 74 valence electrons. The summed E-state index contributed by atoms with van der Waals surface area (Å²) in [6.07, 6.45) is 2.37. The smallest absolute Gasteiger partial charge is 0.387 e. The SMILES string of the molecule is CCCC[Si](Br)(OCC)OCC. The van der Waals surface area contributed by atoms with Crippen LogP contribution in [0.2, 0.25) is 6.04 Å². The fourth-order valence-electron chi connectivity index (χ4n) is 1.01. The van der Waals surface area contributed by atoms with E-state index in [0.717, 1.165) is 19.3 Å². The van der Waals surface area contributed by atoms with Crippen LogP contribution in [0.1, 0.15) is 33.6 Å². The second kappa shape index (κ2) is 7.06. The van der Waals surface area contributed by atoms with Gasteiger partial charge in [-0.2, -0.15) is 0 Å². The molecule has 0 aliphatic carbocycles. The maximum atomic E-state index is 5.61. The Kier molecular flexibility index (Phi) is 7.43. The third-order valence-corrected chi connectivity index (χ3v) is 6.50. The molecule has 0 atom stereocenters. The van der Waals surface area contributed by atoms with Crippen molar-refractivity contribution >= 4 is 22.5 Å². The summed E-state index contributed by atoms with van der Waals surface area (Å²) in [6.45, 7) is 7.67. The van der Waals surface area contributed by atoms with Gasteiger partial charge < -0.3 is 8.85 Å². The largest absolute Gasteiger partial charge is 0.414 e. The number of rotatable bonds is 7. The van der Waals surface area contributed by atoms with Crippen molar-refractivity contribution in [3.05, 3.63) is 0 Å². The zero-order valence-corrected chi connectivity index (χ0v) is 10.8. The molecule has 2 nitrogen and oxygen atoms in total. The minimum absolute atomic E-state index is 0.737. The highest BCUT2D eigenvalue weighted by Crippen LogP contribution is 2.23. The molecule has 0 fully saturated rings. The van der Waals surface area contributed by atoms with E-state index in [4.69, 9.17) is 8.85 Å². The van der Waals surface area contributed by atoms with Gasteiger partial charge in [0.15, 0.2) is 0 Å².